The fourth-order valence-electron chi connectivity index (χ4n) is 3.71. The Hall–Kier alpha value is -3.51. The maximum Gasteiger partial charge on any atom is 0.235 e. The van der Waals surface area contributed by atoms with E-state index in [1.54, 1.807) is 13.1 Å². The number of nitrogens with zero attached hydrogens (tertiary/aromatic N) is 4. The van der Waals surface area contributed by atoms with Crippen molar-refractivity contribution in [2.75, 3.05) is 20.3 Å². The zero-order valence-electron chi connectivity index (χ0n) is 17.8. The van der Waals surface area contributed by atoms with Gasteiger partial charge in [-0.05, 0) is 30.7 Å². The zero-order valence-corrected chi connectivity index (χ0v) is 17.8. The summed E-state index contributed by atoms with van der Waals surface area (Å²) in [6, 6.07) is 9.20. The summed E-state index contributed by atoms with van der Waals surface area (Å²) in [6.45, 7) is 0.407. The molecule has 8 nitrogen and oxygen atoms in total. The number of halogens is 1. The monoisotopic (exact) mass is 437 g/mol. The van der Waals surface area contributed by atoms with E-state index < -0.39 is 17.3 Å². The van der Waals surface area contributed by atoms with Gasteiger partial charge in [-0.1, -0.05) is 19.3 Å². The van der Waals surface area contributed by atoms with Crippen molar-refractivity contribution in [3.8, 4) is 17.7 Å². The van der Waals surface area contributed by atoms with E-state index in [1.165, 1.54) is 54.6 Å². The van der Waals surface area contributed by atoms with E-state index in [9.17, 15) is 9.18 Å². The largest absolute Gasteiger partial charge is 0.439 e. The Labute approximate surface area is 185 Å². The third-order valence-corrected chi connectivity index (χ3v) is 5.58. The lowest BCUT2D eigenvalue weighted by molar-refractivity contribution is -0.140. The minimum atomic E-state index is -1.27. The normalized spacial score (nSPS) is 23.8. The van der Waals surface area contributed by atoms with Crippen LogP contribution >= 0.6 is 0 Å². The second kappa shape index (κ2) is 8.93. The van der Waals surface area contributed by atoms with Crippen molar-refractivity contribution in [3.05, 3.63) is 53.5 Å². The second-order valence-electron chi connectivity index (χ2n) is 7.98. The lowest BCUT2D eigenvalue weighted by Gasteiger charge is -2.45. The first kappa shape index (κ1) is 21.7. The zero-order chi connectivity index (χ0) is 22.7. The molecule has 0 radical (unpaired) electrons. The van der Waals surface area contributed by atoms with Gasteiger partial charge in [0, 0.05) is 31.5 Å². The Morgan fingerprint density at radius 1 is 1.31 bits per heavy atom. The predicted molar refractivity (Wildman–Crippen MR) is 114 cm³/mol. The van der Waals surface area contributed by atoms with Crippen LogP contribution < -0.4 is 10.5 Å². The molecule has 1 saturated carbocycles. The Morgan fingerprint density at radius 2 is 2.09 bits per heavy atom. The van der Waals surface area contributed by atoms with Crippen LogP contribution in [0.5, 0.6) is 11.6 Å². The van der Waals surface area contributed by atoms with Crippen LogP contribution in [0, 0.1) is 23.1 Å². The van der Waals surface area contributed by atoms with Gasteiger partial charge in [0.25, 0.3) is 0 Å². The summed E-state index contributed by atoms with van der Waals surface area (Å²) >= 11 is 0. The number of hydrogen-bond donors (Lipinski definition) is 1. The number of pyridine rings is 1. The van der Waals surface area contributed by atoms with E-state index in [4.69, 9.17) is 20.5 Å². The molecule has 3 heterocycles. The molecule has 2 unspecified atom stereocenters. The Morgan fingerprint density at radius 3 is 2.81 bits per heavy atom. The number of nitriles is 1. The van der Waals surface area contributed by atoms with E-state index in [0.717, 1.165) is 0 Å². The fraction of sp³-hybridized carbons (Fsp3) is 0.391. The maximum atomic E-state index is 14.9. The van der Waals surface area contributed by atoms with Gasteiger partial charge in [0.05, 0.1) is 24.2 Å². The molecule has 2 N–H and O–H groups in total. The highest BCUT2D eigenvalue weighted by Crippen LogP contribution is 2.44. The average Bonchev–Trinajstić information content (AvgIpc) is 3.69. The second-order valence-corrected chi connectivity index (χ2v) is 7.98. The quantitative estimate of drug-likeness (QED) is 0.789. The average molecular weight is 437 g/mol. The van der Waals surface area contributed by atoms with E-state index in [-0.39, 0.29) is 29.9 Å². The summed E-state index contributed by atoms with van der Waals surface area (Å²) in [5, 5.41) is 9.02. The number of benzene rings is 1. The number of guanidine groups is 1. The van der Waals surface area contributed by atoms with Crippen LogP contribution in [0.1, 0.15) is 36.8 Å². The van der Waals surface area contributed by atoms with Crippen LogP contribution in [0.15, 0.2) is 41.5 Å². The van der Waals surface area contributed by atoms with Crippen molar-refractivity contribution in [2.45, 2.75) is 31.2 Å². The molecule has 0 spiro atoms. The van der Waals surface area contributed by atoms with Crippen molar-refractivity contribution < 1.29 is 18.7 Å². The van der Waals surface area contributed by atoms with Crippen molar-refractivity contribution in [1.29, 1.82) is 5.26 Å². The van der Waals surface area contributed by atoms with Crippen molar-refractivity contribution in [2.24, 2.45) is 16.6 Å². The highest BCUT2D eigenvalue weighted by molar-refractivity contribution is 6.00. The van der Waals surface area contributed by atoms with Gasteiger partial charge >= 0.3 is 0 Å². The standard InChI is InChI=1S/C20H18FN5O3.C3H6/c1-26-18(27)14-5-7-28-11-20(14,25-19(26)23)15-9-13(2-3-16(15)21)29-17-8-12(10-22)4-6-24-17;1-2-3-1/h2-4,6,8-9,14H,5,7,11H2,1H3,(H2,23,25);1-3H2. The first-order chi connectivity index (χ1) is 15.4. The number of aliphatic imine (C=N–C) groups is 1. The third kappa shape index (κ3) is 4.27. The molecule has 5 rings (SSSR count). The van der Waals surface area contributed by atoms with Gasteiger partial charge in [-0.15, -0.1) is 0 Å². The van der Waals surface area contributed by atoms with Crippen LogP contribution in [-0.2, 0) is 15.1 Å². The van der Waals surface area contributed by atoms with Gasteiger partial charge in [0.15, 0.2) is 5.96 Å². The molecule has 2 aliphatic heterocycles. The molecular weight excluding hydrogens is 413 g/mol. The van der Waals surface area contributed by atoms with Gasteiger partial charge in [-0.2, -0.15) is 5.26 Å². The smallest absolute Gasteiger partial charge is 0.235 e. The summed E-state index contributed by atoms with van der Waals surface area (Å²) < 4.78 is 26.2. The number of nitrogens with two attached hydrogens (primary N) is 1. The van der Waals surface area contributed by atoms with Crippen molar-refractivity contribution in [1.82, 2.24) is 9.88 Å². The van der Waals surface area contributed by atoms with Crippen LogP contribution in [0.3, 0.4) is 0 Å². The SMILES string of the molecule is C1CC1.CN1C(=O)C2CCOCC2(c2cc(Oc3cc(C#N)ccn3)ccc2F)N=C1N. The molecular formula is C23H24FN5O3. The minimum absolute atomic E-state index is 0.00543. The molecule has 0 bridgehead atoms. The van der Waals surface area contributed by atoms with Crippen LogP contribution in [0.2, 0.25) is 0 Å². The number of carbonyl (C=O) groups excluding carboxylic acids is 1. The molecule has 166 valence electrons. The van der Waals surface area contributed by atoms with E-state index in [1.807, 2.05) is 6.07 Å². The molecule has 1 amide bonds. The Kier molecular flexibility index (Phi) is 6.06. The third-order valence-electron chi connectivity index (χ3n) is 5.58. The predicted octanol–water partition coefficient (Wildman–Crippen LogP) is 3.07. The van der Waals surface area contributed by atoms with Gasteiger partial charge < -0.3 is 15.2 Å². The summed E-state index contributed by atoms with van der Waals surface area (Å²) in [6.07, 6.45) is 6.35. The first-order valence-electron chi connectivity index (χ1n) is 10.5. The molecule has 1 saturated heterocycles. The Bertz CT molecular complexity index is 1090. The van der Waals surface area contributed by atoms with Crippen molar-refractivity contribution >= 4 is 11.9 Å². The minimum Gasteiger partial charge on any atom is -0.439 e. The number of rotatable bonds is 3. The number of fused-ring (bicyclic) bond motifs is 1. The summed E-state index contributed by atoms with van der Waals surface area (Å²) in [5.74, 6) is -0.875. The van der Waals surface area contributed by atoms with E-state index in [0.29, 0.717) is 24.3 Å². The van der Waals surface area contributed by atoms with Gasteiger partial charge in [-0.25, -0.2) is 14.4 Å². The number of ether oxygens (including phenoxy) is 2. The Balaban J connectivity index is 0.000000754. The lowest BCUT2D eigenvalue weighted by atomic mass is 9.74. The molecule has 3 aliphatic rings. The molecule has 2 atom stereocenters. The summed E-state index contributed by atoms with van der Waals surface area (Å²) in [5.41, 5.74) is 5.23. The number of aromatic nitrogens is 1. The highest BCUT2D eigenvalue weighted by Gasteiger charge is 2.52. The lowest BCUT2D eigenvalue weighted by Crippen LogP contribution is -2.58. The first-order valence-corrected chi connectivity index (χ1v) is 10.5. The molecule has 2 fully saturated rings. The molecule has 2 aromatic rings. The molecule has 1 aromatic carbocycles. The molecule has 32 heavy (non-hydrogen) atoms. The van der Waals surface area contributed by atoms with Crippen molar-refractivity contribution in [3.63, 3.8) is 0 Å². The number of carbonyl (C=O) groups is 1. The van der Waals surface area contributed by atoms with Gasteiger partial charge in [0.2, 0.25) is 11.8 Å². The van der Waals surface area contributed by atoms with Gasteiger partial charge in [-0.3, -0.25) is 9.69 Å². The van der Waals surface area contributed by atoms with Crippen LogP contribution in [-0.4, -0.2) is 42.0 Å². The number of amides is 1. The van der Waals surface area contributed by atoms with Gasteiger partial charge in [0.1, 0.15) is 17.1 Å². The number of hydrogen-bond acceptors (Lipinski definition) is 7. The summed E-state index contributed by atoms with van der Waals surface area (Å²) in [7, 11) is 1.55. The van der Waals surface area contributed by atoms with Crippen LogP contribution in [0.25, 0.3) is 0 Å². The van der Waals surface area contributed by atoms with E-state index >= 15 is 0 Å². The maximum absolute atomic E-state index is 14.9. The topological polar surface area (TPSA) is 114 Å². The van der Waals surface area contributed by atoms with E-state index in [2.05, 4.69) is 9.98 Å². The molecule has 1 aromatic heterocycles. The molecule has 1 aliphatic carbocycles. The fourth-order valence-corrected chi connectivity index (χ4v) is 3.71. The van der Waals surface area contributed by atoms with Crippen LogP contribution in [0.4, 0.5) is 4.39 Å². The highest BCUT2D eigenvalue weighted by atomic mass is 19.1. The molecule has 9 heteroatoms. The summed E-state index contributed by atoms with van der Waals surface area (Å²) in [4.78, 5) is 22.7.